The summed E-state index contributed by atoms with van der Waals surface area (Å²) in [6.45, 7) is 1.76. The summed E-state index contributed by atoms with van der Waals surface area (Å²) >= 11 is 11.0. The smallest absolute Gasteiger partial charge is 0.548 e. The molecule has 0 fully saturated rings. The fourth-order valence-electron chi connectivity index (χ4n) is 2.51. The predicted molar refractivity (Wildman–Crippen MR) is 95.0 cm³/mol. The molecule has 3 nitrogen and oxygen atoms in total. The van der Waals surface area contributed by atoms with Gasteiger partial charge in [-0.2, -0.15) is 0 Å². The summed E-state index contributed by atoms with van der Waals surface area (Å²) in [5, 5.41) is 12.8. The minimum absolute atomic E-state index is 0. The monoisotopic (exact) mass is 431 g/mol. The quantitative estimate of drug-likeness (QED) is 0.583. The van der Waals surface area contributed by atoms with Crippen molar-refractivity contribution in [1.82, 2.24) is 4.57 Å². The van der Waals surface area contributed by atoms with Crippen LogP contribution < -0.4 is 34.7 Å². The van der Waals surface area contributed by atoms with Crippen LogP contribution >= 0.6 is 39.3 Å². The van der Waals surface area contributed by atoms with Crippen LogP contribution in [0.25, 0.3) is 10.9 Å². The van der Waals surface area contributed by atoms with Crippen LogP contribution in [-0.4, -0.2) is 10.5 Å². The number of carbonyl (C=O) groups excluding carboxylic acids is 1. The zero-order chi connectivity index (χ0) is 16.6. The zero-order valence-electron chi connectivity index (χ0n) is 13.2. The molecule has 0 spiro atoms. The van der Waals surface area contributed by atoms with Crippen LogP contribution in [-0.2, 0) is 11.3 Å². The Hall–Kier alpha value is -0.430. The molecule has 0 aliphatic heterocycles. The van der Waals surface area contributed by atoms with Crippen molar-refractivity contribution >= 4 is 56.2 Å². The zero-order valence-corrected chi connectivity index (χ0v) is 18.3. The van der Waals surface area contributed by atoms with Gasteiger partial charge in [0.1, 0.15) is 0 Å². The predicted octanol–water partition coefficient (Wildman–Crippen LogP) is 1.27. The molecule has 0 atom stereocenters. The Morgan fingerprint density at radius 2 is 1.92 bits per heavy atom. The molecule has 0 saturated heterocycles. The first-order chi connectivity index (χ1) is 11.0. The molecule has 2 aromatic carbocycles. The van der Waals surface area contributed by atoms with E-state index in [4.69, 9.17) is 11.6 Å². The molecule has 0 bridgehead atoms. The number of carboxylic acids is 1. The van der Waals surface area contributed by atoms with Crippen molar-refractivity contribution in [2.75, 3.05) is 0 Å². The Kier molecular flexibility index (Phi) is 6.88. The van der Waals surface area contributed by atoms with E-state index in [1.807, 2.05) is 49.4 Å². The normalized spacial score (nSPS) is 10.6. The molecule has 0 radical (unpaired) electrons. The first-order valence-corrected chi connectivity index (χ1v) is 8.86. The molecule has 3 aromatic rings. The van der Waals surface area contributed by atoms with Gasteiger partial charge >= 0.3 is 29.6 Å². The van der Waals surface area contributed by atoms with Crippen molar-refractivity contribution in [3.8, 4) is 0 Å². The Morgan fingerprint density at radius 3 is 2.54 bits per heavy atom. The van der Waals surface area contributed by atoms with E-state index in [0.29, 0.717) is 5.02 Å². The number of carboxylic acid groups (broad SMARTS) is 1. The van der Waals surface area contributed by atoms with Gasteiger partial charge in [-0.15, -0.1) is 0 Å². The van der Waals surface area contributed by atoms with Crippen LogP contribution in [0.15, 0.2) is 56.7 Å². The maximum atomic E-state index is 11.1. The van der Waals surface area contributed by atoms with Gasteiger partial charge in [-0.25, -0.2) is 0 Å². The minimum atomic E-state index is -1.10. The number of aromatic nitrogens is 1. The van der Waals surface area contributed by atoms with Gasteiger partial charge < -0.3 is 14.5 Å². The molecule has 0 unspecified atom stereocenters. The van der Waals surface area contributed by atoms with Gasteiger partial charge in [-0.05, 0) is 49.4 Å². The minimum Gasteiger partial charge on any atom is -0.548 e. The fourth-order valence-corrected chi connectivity index (χ4v) is 4.03. The van der Waals surface area contributed by atoms with Crippen molar-refractivity contribution in [3.05, 3.63) is 57.7 Å². The number of carbonyl (C=O) groups is 1. The fraction of sp³-hybridized carbons (Fsp3) is 0.118. The number of hydrogen-bond acceptors (Lipinski definition) is 3. The maximum Gasteiger partial charge on any atom is 1.00 e. The molecule has 0 aliphatic carbocycles. The third-order valence-corrected chi connectivity index (χ3v) is 5.52. The van der Waals surface area contributed by atoms with Crippen LogP contribution in [0.4, 0.5) is 0 Å². The van der Waals surface area contributed by atoms with Gasteiger partial charge in [0, 0.05) is 35.9 Å². The summed E-state index contributed by atoms with van der Waals surface area (Å²) in [6.07, 6.45) is 0. The van der Waals surface area contributed by atoms with Crippen molar-refractivity contribution in [3.63, 3.8) is 0 Å². The number of halogens is 2. The Labute approximate surface area is 179 Å². The molecule has 24 heavy (non-hydrogen) atoms. The summed E-state index contributed by atoms with van der Waals surface area (Å²) in [6, 6.07) is 13.4. The van der Waals surface area contributed by atoms with Crippen LogP contribution in [0.3, 0.4) is 0 Å². The Bertz CT molecular complexity index is 896. The maximum absolute atomic E-state index is 11.1. The molecule has 0 N–H and O–H groups in total. The molecule has 0 aliphatic rings. The number of benzene rings is 2. The molecular formula is C17H12BrClNNaO2S. The molecular weight excluding hydrogens is 421 g/mol. The van der Waals surface area contributed by atoms with Crippen molar-refractivity contribution in [1.29, 1.82) is 0 Å². The molecule has 1 heterocycles. The topological polar surface area (TPSA) is 45.1 Å². The summed E-state index contributed by atoms with van der Waals surface area (Å²) in [4.78, 5) is 13.2. The number of nitrogens with zero attached hydrogens (tertiary/aromatic N) is 1. The van der Waals surface area contributed by atoms with Crippen LogP contribution in [0.1, 0.15) is 5.69 Å². The summed E-state index contributed by atoms with van der Waals surface area (Å²) in [5.74, 6) is -1.10. The standard InChI is InChI=1S/C17H13BrClNO2S.Na/c1-10-17(23-13-5-3-12(19)4-6-13)14-8-11(18)2-7-15(14)20(10)9-16(21)22;/h2-8H,9H2,1H3,(H,21,22);/q;+1/p-1. The van der Waals surface area contributed by atoms with E-state index in [-0.39, 0.29) is 36.1 Å². The Balaban J connectivity index is 0.00000208. The number of hydrogen-bond donors (Lipinski definition) is 0. The second-order valence-corrected chi connectivity index (χ2v) is 7.53. The molecule has 3 rings (SSSR count). The SMILES string of the molecule is Cc1c(Sc2ccc(Cl)cc2)c2cc(Br)ccc2n1CC(=O)[O-].[Na+]. The third kappa shape index (κ3) is 4.21. The van der Waals surface area contributed by atoms with Crippen LogP contribution in [0.2, 0.25) is 5.02 Å². The number of fused-ring (bicyclic) bond motifs is 1. The van der Waals surface area contributed by atoms with Gasteiger partial charge in [0.25, 0.3) is 0 Å². The largest absolute Gasteiger partial charge is 1.00 e. The molecule has 1 aromatic heterocycles. The van der Waals surface area contributed by atoms with E-state index in [2.05, 4.69) is 15.9 Å². The summed E-state index contributed by atoms with van der Waals surface area (Å²) in [7, 11) is 0. The first kappa shape index (κ1) is 19.9. The molecule has 0 saturated carbocycles. The van der Waals surface area contributed by atoms with Gasteiger partial charge in [0.2, 0.25) is 0 Å². The Morgan fingerprint density at radius 1 is 1.25 bits per heavy atom. The third-order valence-electron chi connectivity index (χ3n) is 3.55. The van der Waals surface area contributed by atoms with E-state index >= 15 is 0 Å². The summed E-state index contributed by atoms with van der Waals surface area (Å²) < 4.78 is 2.73. The second kappa shape index (κ2) is 8.30. The molecule has 118 valence electrons. The van der Waals surface area contributed by atoms with Crippen molar-refractivity contribution in [2.24, 2.45) is 0 Å². The summed E-state index contributed by atoms with van der Waals surface area (Å²) in [5.41, 5.74) is 1.79. The van der Waals surface area contributed by atoms with Crippen LogP contribution in [0.5, 0.6) is 0 Å². The van der Waals surface area contributed by atoms with E-state index < -0.39 is 5.97 Å². The van der Waals surface area contributed by atoms with Crippen molar-refractivity contribution in [2.45, 2.75) is 23.3 Å². The number of aliphatic carboxylic acids is 1. The van der Waals surface area contributed by atoms with E-state index in [1.54, 1.807) is 16.3 Å². The average molecular weight is 433 g/mol. The second-order valence-electron chi connectivity index (χ2n) is 5.09. The van der Waals surface area contributed by atoms with E-state index in [1.165, 1.54) is 0 Å². The van der Waals surface area contributed by atoms with Gasteiger partial charge in [0.05, 0.1) is 12.5 Å². The van der Waals surface area contributed by atoms with Gasteiger partial charge in [-0.3, -0.25) is 0 Å². The van der Waals surface area contributed by atoms with Gasteiger partial charge in [0.15, 0.2) is 0 Å². The average Bonchev–Trinajstić information content (AvgIpc) is 2.74. The molecule has 7 heteroatoms. The molecule has 0 amide bonds. The first-order valence-electron chi connectivity index (χ1n) is 6.87. The number of rotatable bonds is 4. The van der Waals surface area contributed by atoms with Crippen LogP contribution in [0, 0.1) is 6.92 Å². The van der Waals surface area contributed by atoms with E-state index in [0.717, 1.165) is 30.9 Å². The van der Waals surface area contributed by atoms with Gasteiger partial charge in [-0.1, -0.05) is 39.3 Å². The van der Waals surface area contributed by atoms with E-state index in [9.17, 15) is 9.90 Å². The van der Waals surface area contributed by atoms with Crippen molar-refractivity contribution < 1.29 is 39.5 Å².